The second-order valence-corrected chi connectivity index (χ2v) is 5.31. The molecule has 24 heavy (non-hydrogen) atoms. The molecule has 0 saturated heterocycles. The lowest BCUT2D eigenvalue weighted by atomic mass is 10.2. The van der Waals surface area contributed by atoms with Gasteiger partial charge < -0.3 is 20.7 Å². The van der Waals surface area contributed by atoms with E-state index in [1.165, 1.54) is 6.92 Å². The molecule has 0 heterocycles. The Hall–Kier alpha value is -3.02. The maximum atomic E-state index is 12.3. The van der Waals surface area contributed by atoms with Crippen LogP contribution in [0.25, 0.3) is 0 Å². The molecule has 2 aromatic rings. The minimum Gasteiger partial charge on any atom is -0.495 e. The van der Waals surface area contributed by atoms with Crippen molar-refractivity contribution in [3.05, 3.63) is 48.5 Å². The van der Waals surface area contributed by atoms with Gasteiger partial charge in [0.05, 0.1) is 12.8 Å². The summed E-state index contributed by atoms with van der Waals surface area (Å²) in [5.74, 6) is 0.309. The van der Waals surface area contributed by atoms with Crippen molar-refractivity contribution in [1.82, 2.24) is 0 Å². The number of carbonyl (C=O) groups excluding carboxylic acids is 2. The van der Waals surface area contributed by atoms with E-state index in [0.29, 0.717) is 17.1 Å². The Balaban J connectivity index is 1.97. The molecular formula is C18H21N3O3. The van der Waals surface area contributed by atoms with Crippen LogP contribution in [0.2, 0.25) is 0 Å². The van der Waals surface area contributed by atoms with Crippen molar-refractivity contribution in [1.29, 1.82) is 0 Å². The minimum absolute atomic E-state index is 0.125. The van der Waals surface area contributed by atoms with Crippen molar-refractivity contribution in [3.8, 4) is 5.75 Å². The highest BCUT2D eigenvalue weighted by Gasteiger charge is 2.14. The van der Waals surface area contributed by atoms with Crippen LogP contribution in [0.1, 0.15) is 13.8 Å². The van der Waals surface area contributed by atoms with Gasteiger partial charge >= 0.3 is 0 Å². The average molecular weight is 327 g/mol. The molecule has 0 aliphatic carbocycles. The molecule has 2 aromatic carbocycles. The Kier molecular flexibility index (Phi) is 5.78. The molecule has 6 heteroatoms. The number of nitrogens with one attached hydrogen (secondary N) is 3. The third kappa shape index (κ3) is 4.74. The maximum Gasteiger partial charge on any atom is 0.246 e. The van der Waals surface area contributed by atoms with Gasteiger partial charge in [-0.3, -0.25) is 9.59 Å². The van der Waals surface area contributed by atoms with Gasteiger partial charge in [-0.15, -0.1) is 0 Å². The average Bonchev–Trinajstić information content (AvgIpc) is 2.56. The van der Waals surface area contributed by atoms with Crippen LogP contribution in [0.3, 0.4) is 0 Å². The number of anilines is 3. The number of ether oxygens (including phenoxy) is 1. The molecule has 126 valence electrons. The molecule has 6 nitrogen and oxygen atoms in total. The summed E-state index contributed by atoms with van der Waals surface area (Å²) < 4.78 is 5.22. The van der Waals surface area contributed by atoms with E-state index in [9.17, 15) is 9.59 Å². The van der Waals surface area contributed by atoms with E-state index in [4.69, 9.17) is 4.74 Å². The first-order valence-corrected chi connectivity index (χ1v) is 7.57. The van der Waals surface area contributed by atoms with Gasteiger partial charge in [0.25, 0.3) is 0 Å². The quantitative estimate of drug-likeness (QED) is 0.762. The van der Waals surface area contributed by atoms with E-state index >= 15 is 0 Å². The topological polar surface area (TPSA) is 79.5 Å². The molecule has 1 atom stereocenters. The Morgan fingerprint density at radius 1 is 0.958 bits per heavy atom. The Labute approximate surface area is 141 Å². The van der Waals surface area contributed by atoms with Gasteiger partial charge in [0.2, 0.25) is 11.8 Å². The van der Waals surface area contributed by atoms with Gasteiger partial charge in [-0.25, -0.2) is 0 Å². The van der Waals surface area contributed by atoms with Gasteiger partial charge in [-0.05, 0) is 43.3 Å². The SMILES string of the molecule is COc1ccccc1NC(=O)[C@@H](C)Nc1ccc(NC(C)=O)cc1. The van der Waals surface area contributed by atoms with Crippen LogP contribution in [0.15, 0.2) is 48.5 Å². The summed E-state index contributed by atoms with van der Waals surface area (Å²) in [5.41, 5.74) is 2.12. The largest absolute Gasteiger partial charge is 0.495 e. The normalized spacial score (nSPS) is 11.3. The van der Waals surface area contributed by atoms with Crippen LogP contribution in [-0.4, -0.2) is 25.0 Å². The highest BCUT2D eigenvalue weighted by atomic mass is 16.5. The molecule has 0 fully saturated rings. The standard InChI is InChI=1S/C18H21N3O3/c1-12(18(23)21-16-6-4-5-7-17(16)24-3)19-14-8-10-15(11-9-14)20-13(2)22/h4-12,19H,1-3H3,(H,20,22)(H,21,23)/t12-/m1/s1. The zero-order valence-electron chi connectivity index (χ0n) is 13.9. The molecule has 0 radical (unpaired) electrons. The molecule has 0 aliphatic rings. The Bertz CT molecular complexity index is 714. The van der Waals surface area contributed by atoms with Crippen LogP contribution in [0.5, 0.6) is 5.75 Å². The fraction of sp³-hybridized carbons (Fsp3) is 0.222. The van der Waals surface area contributed by atoms with Crippen molar-refractivity contribution in [2.45, 2.75) is 19.9 Å². The number of rotatable bonds is 6. The van der Waals surface area contributed by atoms with Crippen LogP contribution in [0, 0.1) is 0 Å². The zero-order chi connectivity index (χ0) is 17.5. The van der Waals surface area contributed by atoms with E-state index < -0.39 is 6.04 Å². The van der Waals surface area contributed by atoms with Crippen molar-refractivity contribution < 1.29 is 14.3 Å². The fourth-order valence-electron chi connectivity index (χ4n) is 2.16. The van der Waals surface area contributed by atoms with Gasteiger partial charge in [0.1, 0.15) is 11.8 Å². The number of carbonyl (C=O) groups is 2. The van der Waals surface area contributed by atoms with Crippen molar-refractivity contribution in [2.24, 2.45) is 0 Å². The second-order valence-electron chi connectivity index (χ2n) is 5.31. The Morgan fingerprint density at radius 2 is 1.58 bits per heavy atom. The lowest BCUT2D eigenvalue weighted by Gasteiger charge is -2.17. The Morgan fingerprint density at radius 3 is 2.21 bits per heavy atom. The minimum atomic E-state index is -0.443. The summed E-state index contributed by atoms with van der Waals surface area (Å²) in [6.07, 6.45) is 0. The van der Waals surface area contributed by atoms with E-state index in [2.05, 4.69) is 16.0 Å². The van der Waals surface area contributed by atoms with Crippen molar-refractivity contribution in [3.63, 3.8) is 0 Å². The first-order chi connectivity index (χ1) is 11.5. The molecule has 0 aliphatic heterocycles. The first-order valence-electron chi connectivity index (χ1n) is 7.57. The highest BCUT2D eigenvalue weighted by molar-refractivity contribution is 5.97. The van der Waals surface area contributed by atoms with Crippen LogP contribution < -0.4 is 20.7 Å². The monoisotopic (exact) mass is 327 g/mol. The second kappa shape index (κ2) is 8.01. The third-order valence-corrected chi connectivity index (χ3v) is 3.35. The molecule has 0 aromatic heterocycles. The van der Waals surface area contributed by atoms with E-state index in [0.717, 1.165) is 5.69 Å². The summed E-state index contributed by atoms with van der Waals surface area (Å²) in [7, 11) is 1.56. The van der Waals surface area contributed by atoms with E-state index in [-0.39, 0.29) is 11.8 Å². The molecular weight excluding hydrogens is 306 g/mol. The van der Waals surface area contributed by atoms with Crippen molar-refractivity contribution >= 4 is 28.9 Å². The summed E-state index contributed by atoms with van der Waals surface area (Å²) >= 11 is 0. The number of methoxy groups -OCH3 is 1. The molecule has 2 rings (SSSR count). The third-order valence-electron chi connectivity index (χ3n) is 3.35. The van der Waals surface area contributed by atoms with Gasteiger partial charge in [-0.2, -0.15) is 0 Å². The summed E-state index contributed by atoms with van der Waals surface area (Å²) in [6, 6.07) is 13.9. The molecule has 0 bridgehead atoms. The number of benzene rings is 2. The van der Waals surface area contributed by atoms with Gasteiger partial charge in [-0.1, -0.05) is 12.1 Å². The predicted octanol–water partition coefficient (Wildman–Crippen LogP) is 3.09. The van der Waals surface area contributed by atoms with Gasteiger partial charge in [0, 0.05) is 18.3 Å². The number of hydrogen-bond acceptors (Lipinski definition) is 4. The smallest absolute Gasteiger partial charge is 0.246 e. The lowest BCUT2D eigenvalue weighted by molar-refractivity contribution is -0.116. The molecule has 0 unspecified atom stereocenters. The van der Waals surface area contributed by atoms with Gasteiger partial charge in [0.15, 0.2) is 0 Å². The predicted molar refractivity (Wildman–Crippen MR) is 95.5 cm³/mol. The lowest BCUT2D eigenvalue weighted by Crippen LogP contribution is -2.31. The number of amides is 2. The molecule has 2 amide bonds. The van der Waals surface area contributed by atoms with Crippen LogP contribution in [0.4, 0.5) is 17.1 Å². The number of para-hydroxylation sites is 2. The zero-order valence-corrected chi connectivity index (χ0v) is 13.9. The summed E-state index contributed by atoms with van der Waals surface area (Å²) in [4.78, 5) is 23.3. The summed E-state index contributed by atoms with van der Waals surface area (Å²) in [6.45, 7) is 3.23. The molecule has 0 spiro atoms. The number of hydrogen-bond donors (Lipinski definition) is 3. The van der Waals surface area contributed by atoms with E-state index in [1.807, 2.05) is 12.1 Å². The highest BCUT2D eigenvalue weighted by Crippen LogP contribution is 2.23. The fourth-order valence-corrected chi connectivity index (χ4v) is 2.16. The van der Waals surface area contributed by atoms with Crippen LogP contribution in [-0.2, 0) is 9.59 Å². The first kappa shape index (κ1) is 17.3. The molecule has 0 saturated carbocycles. The van der Waals surface area contributed by atoms with Crippen molar-refractivity contribution in [2.75, 3.05) is 23.1 Å². The summed E-state index contributed by atoms with van der Waals surface area (Å²) in [5, 5.41) is 8.64. The van der Waals surface area contributed by atoms with Crippen LogP contribution >= 0.6 is 0 Å². The maximum absolute atomic E-state index is 12.3. The van der Waals surface area contributed by atoms with E-state index in [1.54, 1.807) is 50.4 Å². The molecule has 3 N–H and O–H groups in total.